The zero-order valence-electron chi connectivity index (χ0n) is 12.3. The van der Waals surface area contributed by atoms with Crippen LogP contribution in [0, 0.1) is 0 Å². The molecule has 1 fully saturated rings. The van der Waals surface area contributed by atoms with Crippen LogP contribution in [0.3, 0.4) is 0 Å². The third-order valence-electron chi connectivity index (χ3n) is 3.90. The van der Waals surface area contributed by atoms with Crippen molar-refractivity contribution >= 4 is 0 Å². The standard InChI is InChI=1S/C16H26N2O/c1-16(2,3)13-9-7-12(8-10-13)15(18-17)14-6-4-5-11-19-14/h7-10,14-15,18H,4-6,11,17H2,1-3H3. The van der Waals surface area contributed by atoms with Gasteiger partial charge in [0.15, 0.2) is 0 Å². The lowest BCUT2D eigenvalue weighted by Gasteiger charge is -2.30. The first-order chi connectivity index (χ1) is 9.02. The average molecular weight is 262 g/mol. The third kappa shape index (κ3) is 3.56. The van der Waals surface area contributed by atoms with Gasteiger partial charge >= 0.3 is 0 Å². The molecule has 1 aromatic carbocycles. The number of rotatable bonds is 3. The third-order valence-corrected chi connectivity index (χ3v) is 3.90. The number of hydrogen-bond acceptors (Lipinski definition) is 3. The van der Waals surface area contributed by atoms with Crippen molar-refractivity contribution in [2.75, 3.05) is 6.61 Å². The molecule has 3 heteroatoms. The molecule has 0 saturated carbocycles. The predicted octanol–water partition coefficient (Wildman–Crippen LogP) is 3.06. The van der Waals surface area contributed by atoms with Crippen molar-refractivity contribution in [1.29, 1.82) is 0 Å². The largest absolute Gasteiger partial charge is 0.376 e. The fourth-order valence-corrected chi connectivity index (χ4v) is 2.64. The van der Waals surface area contributed by atoms with Gasteiger partial charge in [-0.2, -0.15) is 0 Å². The lowest BCUT2D eigenvalue weighted by Crippen LogP contribution is -2.39. The normalized spacial score (nSPS) is 22.2. The fraction of sp³-hybridized carbons (Fsp3) is 0.625. The van der Waals surface area contributed by atoms with Crippen molar-refractivity contribution in [3.8, 4) is 0 Å². The lowest BCUT2D eigenvalue weighted by atomic mass is 9.85. The van der Waals surface area contributed by atoms with Gasteiger partial charge in [0.25, 0.3) is 0 Å². The van der Waals surface area contributed by atoms with Crippen LogP contribution in [-0.4, -0.2) is 12.7 Å². The molecule has 1 heterocycles. The van der Waals surface area contributed by atoms with Crippen molar-refractivity contribution < 1.29 is 4.74 Å². The van der Waals surface area contributed by atoms with E-state index in [1.165, 1.54) is 17.5 Å². The van der Waals surface area contributed by atoms with Crippen LogP contribution in [-0.2, 0) is 10.2 Å². The predicted molar refractivity (Wildman–Crippen MR) is 78.8 cm³/mol. The minimum absolute atomic E-state index is 0.0920. The Labute approximate surface area is 116 Å². The van der Waals surface area contributed by atoms with Crippen molar-refractivity contribution in [1.82, 2.24) is 5.43 Å². The maximum atomic E-state index is 5.84. The average Bonchev–Trinajstić information content (AvgIpc) is 2.40. The number of hydrazine groups is 1. The summed E-state index contributed by atoms with van der Waals surface area (Å²) in [6, 6.07) is 8.83. The molecule has 3 nitrogen and oxygen atoms in total. The van der Waals surface area contributed by atoms with E-state index in [1.54, 1.807) is 0 Å². The highest BCUT2D eigenvalue weighted by Crippen LogP contribution is 2.28. The molecule has 19 heavy (non-hydrogen) atoms. The van der Waals surface area contributed by atoms with E-state index in [2.05, 4.69) is 50.5 Å². The molecule has 2 unspecified atom stereocenters. The summed E-state index contributed by atoms with van der Waals surface area (Å²) in [7, 11) is 0. The molecule has 0 aliphatic carbocycles. The Morgan fingerprint density at radius 3 is 2.37 bits per heavy atom. The first-order valence-electron chi connectivity index (χ1n) is 7.20. The zero-order valence-corrected chi connectivity index (χ0v) is 12.3. The van der Waals surface area contributed by atoms with Crippen LogP contribution < -0.4 is 11.3 Å². The van der Waals surface area contributed by atoms with Gasteiger partial charge in [-0.05, 0) is 35.8 Å². The molecule has 1 aliphatic heterocycles. The van der Waals surface area contributed by atoms with Crippen molar-refractivity contribution in [2.45, 2.75) is 57.6 Å². The number of ether oxygens (including phenoxy) is 1. The number of nitrogens with one attached hydrogen (secondary N) is 1. The van der Waals surface area contributed by atoms with E-state index in [-0.39, 0.29) is 17.6 Å². The van der Waals surface area contributed by atoms with Gasteiger partial charge in [-0.15, -0.1) is 0 Å². The molecule has 2 atom stereocenters. The Balaban J connectivity index is 2.14. The van der Waals surface area contributed by atoms with E-state index in [0.717, 1.165) is 19.4 Å². The van der Waals surface area contributed by atoms with Gasteiger partial charge in [0.1, 0.15) is 0 Å². The number of hydrogen-bond donors (Lipinski definition) is 2. The van der Waals surface area contributed by atoms with Crippen molar-refractivity contribution in [2.24, 2.45) is 5.84 Å². The summed E-state index contributed by atoms with van der Waals surface area (Å²) in [4.78, 5) is 0. The van der Waals surface area contributed by atoms with Gasteiger partial charge in [-0.1, -0.05) is 45.0 Å². The van der Waals surface area contributed by atoms with Crippen molar-refractivity contribution in [3.63, 3.8) is 0 Å². The molecular formula is C16H26N2O. The summed E-state index contributed by atoms with van der Waals surface area (Å²) >= 11 is 0. The first kappa shape index (κ1) is 14.5. The smallest absolute Gasteiger partial charge is 0.0782 e. The summed E-state index contributed by atoms with van der Waals surface area (Å²) in [5.41, 5.74) is 5.66. The van der Waals surface area contributed by atoms with Crippen LogP contribution in [0.1, 0.15) is 57.2 Å². The summed E-state index contributed by atoms with van der Waals surface area (Å²) in [6.45, 7) is 7.53. The van der Waals surface area contributed by atoms with Gasteiger partial charge in [0, 0.05) is 6.61 Å². The molecule has 0 amide bonds. The van der Waals surface area contributed by atoms with Gasteiger partial charge < -0.3 is 4.74 Å². The molecule has 1 saturated heterocycles. The van der Waals surface area contributed by atoms with Crippen LogP contribution >= 0.6 is 0 Å². The SMILES string of the molecule is CC(C)(C)c1ccc(C(NN)C2CCCCO2)cc1. The summed E-state index contributed by atoms with van der Waals surface area (Å²) in [5.74, 6) is 5.73. The Hall–Kier alpha value is -0.900. The molecule has 0 aromatic heterocycles. The topological polar surface area (TPSA) is 47.3 Å². The maximum Gasteiger partial charge on any atom is 0.0782 e. The van der Waals surface area contributed by atoms with Crippen LogP contribution in [0.25, 0.3) is 0 Å². The van der Waals surface area contributed by atoms with Crippen LogP contribution in [0.4, 0.5) is 0 Å². The summed E-state index contributed by atoms with van der Waals surface area (Å²) in [5, 5.41) is 0. The molecule has 1 aliphatic rings. The van der Waals surface area contributed by atoms with Crippen LogP contribution in [0.2, 0.25) is 0 Å². The highest BCUT2D eigenvalue weighted by atomic mass is 16.5. The molecule has 106 valence electrons. The van der Waals surface area contributed by atoms with E-state index in [0.29, 0.717) is 0 Å². The highest BCUT2D eigenvalue weighted by molar-refractivity contribution is 5.29. The van der Waals surface area contributed by atoms with Gasteiger partial charge in [0.2, 0.25) is 0 Å². The highest BCUT2D eigenvalue weighted by Gasteiger charge is 2.25. The Morgan fingerprint density at radius 1 is 1.21 bits per heavy atom. The summed E-state index contributed by atoms with van der Waals surface area (Å²) < 4.78 is 5.84. The van der Waals surface area contributed by atoms with Gasteiger partial charge in [-0.25, -0.2) is 0 Å². The fourth-order valence-electron chi connectivity index (χ4n) is 2.64. The van der Waals surface area contributed by atoms with E-state index < -0.39 is 0 Å². The molecule has 0 radical (unpaired) electrons. The van der Waals surface area contributed by atoms with Crippen LogP contribution in [0.5, 0.6) is 0 Å². The minimum atomic E-state index is 0.0920. The Kier molecular flexibility index (Phi) is 4.61. The number of nitrogens with two attached hydrogens (primary N) is 1. The van der Waals surface area contributed by atoms with Crippen LogP contribution in [0.15, 0.2) is 24.3 Å². The van der Waals surface area contributed by atoms with Crippen molar-refractivity contribution in [3.05, 3.63) is 35.4 Å². The second-order valence-electron chi connectivity index (χ2n) is 6.42. The Morgan fingerprint density at radius 2 is 1.89 bits per heavy atom. The lowest BCUT2D eigenvalue weighted by molar-refractivity contribution is -0.00822. The second-order valence-corrected chi connectivity index (χ2v) is 6.42. The monoisotopic (exact) mass is 262 g/mol. The van der Waals surface area contributed by atoms with E-state index in [1.807, 2.05) is 0 Å². The summed E-state index contributed by atoms with van der Waals surface area (Å²) in [6.07, 6.45) is 3.66. The molecular weight excluding hydrogens is 236 g/mol. The molecule has 0 bridgehead atoms. The maximum absolute atomic E-state index is 5.84. The van der Waals surface area contributed by atoms with E-state index in [9.17, 15) is 0 Å². The Bertz CT molecular complexity index is 388. The van der Waals surface area contributed by atoms with Gasteiger partial charge in [-0.3, -0.25) is 11.3 Å². The second kappa shape index (κ2) is 6.04. The zero-order chi connectivity index (χ0) is 13.9. The first-order valence-corrected chi connectivity index (χ1v) is 7.20. The quantitative estimate of drug-likeness (QED) is 0.650. The molecule has 2 rings (SSSR count). The minimum Gasteiger partial charge on any atom is -0.376 e. The molecule has 1 aromatic rings. The van der Waals surface area contributed by atoms with E-state index in [4.69, 9.17) is 10.6 Å². The molecule has 0 spiro atoms. The number of benzene rings is 1. The van der Waals surface area contributed by atoms with Gasteiger partial charge in [0.05, 0.1) is 12.1 Å². The van der Waals surface area contributed by atoms with E-state index >= 15 is 0 Å². The molecule has 3 N–H and O–H groups in total.